The van der Waals surface area contributed by atoms with E-state index in [1.54, 1.807) is 0 Å². The first-order valence-electron chi connectivity index (χ1n) is 9.60. The molecule has 0 aromatic carbocycles. The molecule has 2 aliphatic heterocycles. The fraction of sp³-hybridized carbons (Fsp3) is 0.944. The van der Waals surface area contributed by atoms with E-state index in [-0.39, 0.29) is 42.7 Å². The molecule has 2 unspecified atom stereocenters. The van der Waals surface area contributed by atoms with Crippen LogP contribution in [0.1, 0.15) is 51.4 Å². The number of hydrogen-bond acceptors (Lipinski definition) is 4. The number of nitrogens with one attached hydrogen (secondary N) is 1. The number of piperidine rings is 2. The molecule has 2 saturated heterocycles. The summed E-state index contributed by atoms with van der Waals surface area (Å²) in [6.45, 7) is 4.74. The van der Waals surface area contributed by atoms with Gasteiger partial charge in [0.1, 0.15) is 0 Å². The Morgan fingerprint density at radius 3 is 2.20 bits per heavy atom. The van der Waals surface area contributed by atoms with Gasteiger partial charge in [0.05, 0.1) is 0 Å². The van der Waals surface area contributed by atoms with E-state index < -0.39 is 0 Å². The molecule has 1 aliphatic carbocycles. The summed E-state index contributed by atoms with van der Waals surface area (Å²) in [5, 5.41) is 3.31. The van der Waals surface area contributed by atoms with E-state index in [1.165, 1.54) is 25.9 Å². The fourth-order valence-electron chi connectivity index (χ4n) is 4.55. The van der Waals surface area contributed by atoms with Crippen molar-refractivity contribution in [1.29, 1.82) is 0 Å². The van der Waals surface area contributed by atoms with Gasteiger partial charge in [-0.1, -0.05) is 6.42 Å². The van der Waals surface area contributed by atoms with E-state index in [2.05, 4.69) is 22.2 Å². The lowest BCUT2D eigenvalue weighted by atomic mass is 9.85. The SMILES string of the molecule is CN1CCC(N2CCC(NC(=O)C3CCCC(N)C3)CC2)CC1.Cl.Cl. The van der Waals surface area contributed by atoms with Crippen LogP contribution in [-0.2, 0) is 4.79 Å². The normalized spacial score (nSPS) is 30.2. The van der Waals surface area contributed by atoms with Gasteiger partial charge in [-0.25, -0.2) is 0 Å². The van der Waals surface area contributed by atoms with E-state index in [0.29, 0.717) is 6.04 Å². The van der Waals surface area contributed by atoms with Gasteiger partial charge in [-0.15, -0.1) is 24.8 Å². The van der Waals surface area contributed by atoms with Crippen LogP contribution < -0.4 is 11.1 Å². The number of carbonyl (C=O) groups excluding carboxylic acids is 1. The van der Waals surface area contributed by atoms with Gasteiger partial charge >= 0.3 is 0 Å². The Kier molecular flexibility index (Phi) is 10.0. The fourth-order valence-corrected chi connectivity index (χ4v) is 4.55. The molecule has 1 saturated carbocycles. The molecule has 0 spiro atoms. The second-order valence-electron chi connectivity index (χ2n) is 7.98. The summed E-state index contributed by atoms with van der Waals surface area (Å²) in [6, 6.07) is 1.37. The molecule has 1 amide bonds. The van der Waals surface area contributed by atoms with Gasteiger partial charge in [0.25, 0.3) is 0 Å². The number of likely N-dealkylation sites (tertiary alicyclic amines) is 2. The summed E-state index contributed by atoms with van der Waals surface area (Å²) in [5.41, 5.74) is 6.02. The van der Waals surface area contributed by atoms with Crippen LogP contribution in [0.2, 0.25) is 0 Å². The van der Waals surface area contributed by atoms with Gasteiger partial charge in [0.15, 0.2) is 0 Å². The first kappa shape index (κ1) is 23.0. The van der Waals surface area contributed by atoms with Crippen LogP contribution in [0, 0.1) is 5.92 Å². The Morgan fingerprint density at radius 2 is 1.60 bits per heavy atom. The highest BCUT2D eigenvalue weighted by molar-refractivity contribution is 5.85. The Labute approximate surface area is 165 Å². The number of halogens is 2. The van der Waals surface area contributed by atoms with Crippen molar-refractivity contribution in [3.8, 4) is 0 Å². The minimum atomic E-state index is 0. The molecule has 0 aromatic heterocycles. The van der Waals surface area contributed by atoms with Crippen LogP contribution in [0.4, 0.5) is 0 Å². The molecule has 2 heterocycles. The van der Waals surface area contributed by atoms with Crippen LogP contribution in [0.3, 0.4) is 0 Å². The van der Waals surface area contributed by atoms with E-state index in [9.17, 15) is 4.79 Å². The number of nitrogens with two attached hydrogens (primary N) is 1. The smallest absolute Gasteiger partial charge is 0.223 e. The molecule has 3 N–H and O–H groups in total. The monoisotopic (exact) mass is 394 g/mol. The minimum absolute atomic E-state index is 0. The molecular formula is C18H36Cl2N4O. The van der Waals surface area contributed by atoms with E-state index in [0.717, 1.165) is 57.7 Å². The van der Waals surface area contributed by atoms with Gasteiger partial charge in [0.2, 0.25) is 5.91 Å². The first-order valence-corrected chi connectivity index (χ1v) is 9.60. The second kappa shape index (κ2) is 10.9. The zero-order valence-electron chi connectivity index (χ0n) is 15.5. The number of hydrogen-bond donors (Lipinski definition) is 2. The van der Waals surface area contributed by atoms with Gasteiger partial charge in [-0.05, 0) is 65.1 Å². The first-order chi connectivity index (χ1) is 11.1. The predicted octanol–water partition coefficient (Wildman–Crippen LogP) is 2.02. The topological polar surface area (TPSA) is 61.6 Å². The van der Waals surface area contributed by atoms with Gasteiger partial charge in [-0.2, -0.15) is 0 Å². The molecule has 2 atom stereocenters. The largest absolute Gasteiger partial charge is 0.353 e. The summed E-state index contributed by atoms with van der Waals surface area (Å²) in [4.78, 5) is 17.5. The molecule has 25 heavy (non-hydrogen) atoms. The lowest BCUT2D eigenvalue weighted by Gasteiger charge is -2.41. The maximum atomic E-state index is 12.4. The Balaban J connectivity index is 0.00000156. The van der Waals surface area contributed by atoms with Gasteiger partial charge in [-0.3, -0.25) is 4.79 Å². The van der Waals surface area contributed by atoms with Crippen LogP contribution in [0.15, 0.2) is 0 Å². The number of carbonyl (C=O) groups is 1. The van der Waals surface area contributed by atoms with Crippen molar-refractivity contribution in [3.63, 3.8) is 0 Å². The van der Waals surface area contributed by atoms with E-state index >= 15 is 0 Å². The molecule has 3 aliphatic rings. The number of amides is 1. The highest BCUT2D eigenvalue weighted by atomic mass is 35.5. The molecule has 3 rings (SSSR count). The average molecular weight is 395 g/mol. The molecule has 0 bridgehead atoms. The summed E-state index contributed by atoms with van der Waals surface area (Å²) in [7, 11) is 2.22. The van der Waals surface area contributed by atoms with Crippen molar-refractivity contribution in [1.82, 2.24) is 15.1 Å². The third-order valence-electron chi connectivity index (χ3n) is 6.17. The lowest BCUT2D eigenvalue weighted by Crippen LogP contribution is -2.51. The van der Waals surface area contributed by atoms with Crippen LogP contribution in [-0.4, -0.2) is 67.1 Å². The Bertz CT molecular complexity index is 397. The lowest BCUT2D eigenvalue weighted by molar-refractivity contribution is -0.127. The summed E-state index contributed by atoms with van der Waals surface area (Å²) in [5.74, 6) is 0.420. The quantitative estimate of drug-likeness (QED) is 0.768. The van der Waals surface area contributed by atoms with Gasteiger partial charge < -0.3 is 20.9 Å². The van der Waals surface area contributed by atoms with Crippen molar-refractivity contribution in [2.24, 2.45) is 11.7 Å². The van der Waals surface area contributed by atoms with Crippen molar-refractivity contribution in [2.75, 3.05) is 33.2 Å². The highest BCUT2D eigenvalue weighted by Crippen LogP contribution is 2.25. The molecule has 148 valence electrons. The van der Waals surface area contributed by atoms with Crippen molar-refractivity contribution in [3.05, 3.63) is 0 Å². The molecule has 3 fully saturated rings. The van der Waals surface area contributed by atoms with Crippen molar-refractivity contribution < 1.29 is 4.79 Å². The number of rotatable bonds is 3. The minimum Gasteiger partial charge on any atom is -0.353 e. The van der Waals surface area contributed by atoms with E-state index in [1.807, 2.05) is 0 Å². The Hall–Kier alpha value is -0.0700. The zero-order chi connectivity index (χ0) is 16.2. The maximum Gasteiger partial charge on any atom is 0.223 e. The summed E-state index contributed by atoms with van der Waals surface area (Å²) < 4.78 is 0. The summed E-state index contributed by atoms with van der Waals surface area (Å²) >= 11 is 0. The average Bonchev–Trinajstić information content (AvgIpc) is 2.56. The third-order valence-corrected chi connectivity index (χ3v) is 6.17. The molecule has 5 nitrogen and oxygen atoms in total. The van der Waals surface area contributed by atoms with Crippen LogP contribution in [0.5, 0.6) is 0 Å². The van der Waals surface area contributed by atoms with Gasteiger partial charge in [0, 0.05) is 37.1 Å². The van der Waals surface area contributed by atoms with Crippen LogP contribution in [0.25, 0.3) is 0 Å². The second-order valence-corrected chi connectivity index (χ2v) is 7.98. The van der Waals surface area contributed by atoms with E-state index in [4.69, 9.17) is 5.73 Å². The third kappa shape index (κ3) is 6.55. The highest BCUT2D eigenvalue weighted by Gasteiger charge is 2.30. The molecule has 0 radical (unpaired) electrons. The van der Waals surface area contributed by atoms with Crippen molar-refractivity contribution >= 4 is 30.7 Å². The molecule has 0 aromatic rings. The molecule has 7 heteroatoms. The standard InChI is InChI=1S/C18H34N4O.2ClH/c1-21-9-7-17(8-10-21)22-11-5-16(6-12-22)20-18(23)14-3-2-4-15(19)13-14;;/h14-17H,2-13,19H2,1H3,(H,20,23);2*1H. The van der Waals surface area contributed by atoms with Crippen molar-refractivity contribution in [2.45, 2.75) is 69.5 Å². The number of nitrogens with zero attached hydrogens (tertiary/aromatic N) is 2. The zero-order valence-corrected chi connectivity index (χ0v) is 17.1. The molecular weight excluding hydrogens is 359 g/mol. The maximum absolute atomic E-state index is 12.4. The van der Waals surface area contributed by atoms with Crippen LogP contribution >= 0.6 is 24.8 Å². The predicted molar refractivity (Wildman–Crippen MR) is 108 cm³/mol. The Morgan fingerprint density at radius 1 is 0.960 bits per heavy atom. The summed E-state index contributed by atoms with van der Waals surface area (Å²) in [6.07, 6.45) is 8.90.